The van der Waals surface area contributed by atoms with Gasteiger partial charge in [0.25, 0.3) is 0 Å². The molecule has 1 saturated carbocycles. The minimum absolute atomic E-state index is 0.311. The third-order valence-electron chi connectivity index (χ3n) is 5.91. The summed E-state index contributed by atoms with van der Waals surface area (Å²) in [6.45, 7) is 4.10. The van der Waals surface area contributed by atoms with Crippen LogP contribution < -0.4 is 19.7 Å². The standard InChI is InChI=1S/C25H36N2O2/c1-4-27(19-21(26-2)17-20-11-7-5-8-12-20)22-15-16-24(28-3)25(18-22)29-23-13-9-6-10-14-23/h5,7-8,11-12,15-16,18,21,23,26H,4,6,9-10,13-14,17,19H2,1-3H3/t21-/m1/s1. The molecule has 0 aromatic heterocycles. The van der Waals surface area contributed by atoms with E-state index < -0.39 is 0 Å². The third-order valence-corrected chi connectivity index (χ3v) is 5.91. The molecule has 0 bridgehead atoms. The van der Waals surface area contributed by atoms with Crippen molar-refractivity contribution in [2.45, 2.75) is 57.6 Å². The van der Waals surface area contributed by atoms with E-state index >= 15 is 0 Å². The molecule has 0 saturated heterocycles. The van der Waals surface area contributed by atoms with E-state index in [4.69, 9.17) is 9.47 Å². The smallest absolute Gasteiger partial charge is 0.163 e. The van der Waals surface area contributed by atoms with Crippen LogP contribution in [0.5, 0.6) is 11.5 Å². The summed E-state index contributed by atoms with van der Waals surface area (Å²) in [6.07, 6.45) is 7.45. The van der Waals surface area contributed by atoms with Crippen molar-refractivity contribution in [3.05, 3.63) is 54.1 Å². The number of methoxy groups -OCH3 is 1. The van der Waals surface area contributed by atoms with Crippen molar-refractivity contribution >= 4 is 5.69 Å². The Bertz CT molecular complexity index is 729. The van der Waals surface area contributed by atoms with Gasteiger partial charge in [-0.3, -0.25) is 0 Å². The summed E-state index contributed by atoms with van der Waals surface area (Å²) in [5.41, 5.74) is 2.55. The van der Waals surface area contributed by atoms with Gasteiger partial charge in [0.2, 0.25) is 0 Å². The maximum absolute atomic E-state index is 6.37. The molecule has 0 amide bonds. The predicted molar refractivity (Wildman–Crippen MR) is 121 cm³/mol. The number of hydrogen-bond acceptors (Lipinski definition) is 4. The normalized spacial score (nSPS) is 15.7. The van der Waals surface area contributed by atoms with Crippen LogP contribution in [0.15, 0.2) is 48.5 Å². The number of anilines is 1. The zero-order valence-electron chi connectivity index (χ0n) is 18.2. The predicted octanol–water partition coefficient (Wildman–Crippen LogP) is 5.06. The van der Waals surface area contributed by atoms with Crippen LogP contribution in [0.3, 0.4) is 0 Å². The molecule has 0 unspecified atom stereocenters. The van der Waals surface area contributed by atoms with Gasteiger partial charge in [0.1, 0.15) is 0 Å². The van der Waals surface area contributed by atoms with Gasteiger partial charge in [-0.25, -0.2) is 0 Å². The van der Waals surface area contributed by atoms with Gasteiger partial charge in [-0.15, -0.1) is 0 Å². The Labute approximate surface area is 176 Å². The zero-order chi connectivity index (χ0) is 20.5. The molecule has 1 fully saturated rings. The molecule has 158 valence electrons. The first-order valence-corrected chi connectivity index (χ1v) is 11.0. The molecule has 0 radical (unpaired) electrons. The molecule has 0 heterocycles. The average Bonchev–Trinajstić information content (AvgIpc) is 2.78. The monoisotopic (exact) mass is 396 g/mol. The Morgan fingerprint density at radius 3 is 2.45 bits per heavy atom. The summed E-state index contributed by atoms with van der Waals surface area (Å²) in [5, 5.41) is 3.49. The lowest BCUT2D eigenvalue weighted by Crippen LogP contribution is -2.41. The quantitative estimate of drug-likeness (QED) is 0.608. The number of ether oxygens (including phenoxy) is 2. The fraction of sp³-hybridized carbons (Fsp3) is 0.520. The van der Waals surface area contributed by atoms with Crippen LogP contribution in [-0.4, -0.2) is 39.4 Å². The summed E-state index contributed by atoms with van der Waals surface area (Å²) in [4.78, 5) is 2.41. The molecule has 1 atom stereocenters. The van der Waals surface area contributed by atoms with Crippen molar-refractivity contribution in [2.75, 3.05) is 32.1 Å². The Hall–Kier alpha value is -2.20. The molecule has 2 aromatic rings. The van der Waals surface area contributed by atoms with Gasteiger partial charge in [0.15, 0.2) is 11.5 Å². The summed E-state index contributed by atoms with van der Waals surface area (Å²) < 4.78 is 12.0. The molecule has 3 rings (SSSR count). The molecule has 4 heteroatoms. The number of rotatable bonds is 10. The number of nitrogens with zero attached hydrogens (tertiary/aromatic N) is 1. The summed E-state index contributed by atoms with van der Waals surface area (Å²) >= 11 is 0. The average molecular weight is 397 g/mol. The lowest BCUT2D eigenvalue weighted by molar-refractivity contribution is 0.149. The first-order chi connectivity index (χ1) is 14.2. The van der Waals surface area contributed by atoms with E-state index in [0.29, 0.717) is 12.1 Å². The van der Waals surface area contributed by atoms with Crippen LogP contribution in [0.4, 0.5) is 5.69 Å². The van der Waals surface area contributed by atoms with Crippen molar-refractivity contribution < 1.29 is 9.47 Å². The highest BCUT2D eigenvalue weighted by molar-refractivity contribution is 5.56. The van der Waals surface area contributed by atoms with Gasteiger partial charge in [-0.1, -0.05) is 36.8 Å². The molecule has 1 aliphatic carbocycles. The minimum Gasteiger partial charge on any atom is -0.493 e. The lowest BCUT2D eigenvalue weighted by atomic mass is 9.98. The zero-order valence-corrected chi connectivity index (χ0v) is 18.2. The molecule has 1 N–H and O–H groups in total. The molecule has 2 aromatic carbocycles. The Morgan fingerprint density at radius 1 is 1.03 bits per heavy atom. The Kier molecular flexibility index (Phi) is 8.24. The van der Waals surface area contributed by atoms with E-state index in [-0.39, 0.29) is 0 Å². The number of likely N-dealkylation sites (N-methyl/N-ethyl adjacent to an activating group) is 2. The van der Waals surface area contributed by atoms with Crippen molar-refractivity contribution in [1.82, 2.24) is 5.32 Å². The highest BCUT2D eigenvalue weighted by Crippen LogP contribution is 2.34. The van der Waals surface area contributed by atoms with E-state index in [1.807, 2.05) is 13.1 Å². The van der Waals surface area contributed by atoms with Gasteiger partial charge < -0.3 is 19.7 Å². The first-order valence-electron chi connectivity index (χ1n) is 11.0. The molecule has 29 heavy (non-hydrogen) atoms. The molecule has 4 nitrogen and oxygen atoms in total. The summed E-state index contributed by atoms with van der Waals surface area (Å²) in [7, 11) is 3.77. The summed E-state index contributed by atoms with van der Waals surface area (Å²) in [5.74, 6) is 1.70. The van der Waals surface area contributed by atoms with Crippen LogP contribution in [0, 0.1) is 0 Å². The minimum atomic E-state index is 0.311. The van der Waals surface area contributed by atoms with Crippen molar-refractivity contribution in [1.29, 1.82) is 0 Å². The fourth-order valence-electron chi connectivity index (χ4n) is 4.16. The largest absolute Gasteiger partial charge is 0.493 e. The van der Waals surface area contributed by atoms with E-state index in [1.54, 1.807) is 7.11 Å². The van der Waals surface area contributed by atoms with E-state index in [9.17, 15) is 0 Å². The van der Waals surface area contributed by atoms with Crippen LogP contribution in [0.1, 0.15) is 44.6 Å². The number of benzene rings is 2. The van der Waals surface area contributed by atoms with Gasteiger partial charge in [-0.05, 0) is 63.8 Å². The van der Waals surface area contributed by atoms with Crippen molar-refractivity contribution in [3.8, 4) is 11.5 Å². The number of nitrogens with one attached hydrogen (secondary N) is 1. The third kappa shape index (κ3) is 6.14. The molecular formula is C25H36N2O2. The molecular weight excluding hydrogens is 360 g/mol. The fourth-order valence-corrected chi connectivity index (χ4v) is 4.16. The van der Waals surface area contributed by atoms with Crippen LogP contribution >= 0.6 is 0 Å². The van der Waals surface area contributed by atoms with Gasteiger partial charge >= 0.3 is 0 Å². The van der Waals surface area contributed by atoms with Gasteiger partial charge in [0, 0.05) is 30.9 Å². The lowest BCUT2D eigenvalue weighted by Gasteiger charge is -2.30. The maximum Gasteiger partial charge on any atom is 0.163 e. The maximum atomic E-state index is 6.37. The van der Waals surface area contributed by atoms with Crippen LogP contribution in [0.25, 0.3) is 0 Å². The van der Waals surface area contributed by atoms with Crippen LogP contribution in [-0.2, 0) is 6.42 Å². The molecule has 0 aliphatic heterocycles. The second-order valence-electron chi connectivity index (χ2n) is 7.93. The molecule has 1 aliphatic rings. The van der Waals surface area contributed by atoms with Crippen molar-refractivity contribution in [2.24, 2.45) is 0 Å². The summed E-state index contributed by atoms with van der Waals surface area (Å²) in [6, 6.07) is 17.4. The second-order valence-corrected chi connectivity index (χ2v) is 7.93. The van der Waals surface area contributed by atoms with E-state index in [1.165, 1.54) is 30.5 Å². The van der Waals surface area contributed by atoms with E-state index in [0.717, 1.165) is 43.9 Å². The second kappa shape index (κ2) is 11.1. The highest BCUT2D eigenvalue weighted by Gasteiger charge is 2.19. The van der Waals surface area contributed by atoms with Gasteiger partial charge in [-0.2, -0.15) is 0 Å². The highest BCUT2D eigenvalue weighted by atomic mass is 16.5. The topological polar surface area (TPSA) is 33.7 Å². The van der Waals surface area contributed by atoms with Gasteiger partial charge in [0.05, 0.1) is 13.2 Å². The molecule has 0 spiro atoms. The first kappa shape index (κ1) is 21.5. The number of hydrogen-bond donors (Lipinski definition) is 1. The SMILES string of the molecule is CCN(C[C@@H](Cc1ccccc1)NC)c1ccc(OC)c(OC2CCCCC2)c1. The Balaban J connectivity index is 1.72. The van der Waals surface area contributed by atoms with Crippen LogP contribution in [0.2, 0.25) is 0 Å². The van der Waals surface area contributed by atoms with Crippen molar-refractivity contribution in [3.63, 3.8) is 0 Å². The van der Waals surface area contributed by atoms with E-state index in [2.05, 4.69) is 59.6 Å². The Morgan fingerprint density at radius 2 is 1.79 bits per heavy atom.